The van der Waals surface area contributed by atoms with Gasteiger partial charge >= 0.3 is 0 Å². The second-order valence-electron chi connectivity index (χ2n) is 4.00. The van der Waals surface area contributed by atoms with E-state index < -0.39 is 0 Å². The summed E-state index contributed by atoms with van der Waals surface area (Å²) in [5.74, 6) is -0.164. The van der Waals surface area contributed by atoms with Crippen LogP contribution in [0.25, 0.3) is 0 Å². The minimum atomic E-state index is -0.164. The number of halogens is 1. The maximum atomic E-state index is 13.3. The minimum absolute atomic E-state index is 0.164. The Labute approximate surface area is 101 Å². The topological polar surface area (TPSA) is 24.9 Å². The number of aromatic nitrogens is 1. The Balaban J connectivity index is 1.93. The predicted octanol–water partition coefficient (Wildman–Crippen LogP) is 2.82. The van der Waals surface area contributed by atoms with E-state index in [4.69, 9.17) is 0 Å². The van der Waals surface area contributed by atoms with E-state index in [9.17, 15) is 4.39 Å². The van der Waals surface area contributed by atoms with Gasteiger partial charge in [0.05, 0.1) is 0 Å². The smallest absolute Gasteiger partial charge is 0.127 e. The van der Waals surface area contributed by atoms with Gasteiger partial charge in [0.1, 0.15) is 5.82 Å². The molecule has 0 aliphatic carbocycles. The lowest BCUT2D eigenvalue weighted by Crippen LogP contribution is -2.14. The maximum Gasteiger partial charge on any atom is 0.127 e. The second kappa shape index (κ2) is 5.55. The van der Waals surface area contributed by atoms with Gasteiger partial charge in [-0.3, -0.25) is 4.98 Å². The molecular formula is C14H15FN2. The molecule has 0 amide bonds. The van der Waals surface area contributed by atoms with Gasteiger partial charge in [0.2, 0.25) is 0 Å². The molecule has 1 N–H and O–H groups in total. The lowest BCUT2D eigenvalue weighted by Gasteiger charge is -2.07. The molecule has 1 heterocycles. The molecule has 0 bridgehead atoms. The number of nitrogens with zero attached hydrogens (tertiary/aromatic N) is 1. The van der Waals surface area contributed by atoms with Gasteiger partial charge in [0.25, 0.3) is 0 Å². The molecule has 88 valence electrons. The van der Waals surface area contributed by atoms with Crippen LogP contribution in [0, 0.1) is 12.7 Å². The summed E-state index contributed by atoms with van der Waals surface area (Å²) in [6, 6.07) is 8.78. The summed E-state index contributed by atoms with van der Waals surface area (Å²) < 4.78 is 13.3. The van der Waals surface area contributed by atoms with E-state index in [0.717, 1.165) is 5.56 Å². The predicted molar refractivity (Wildman–Crippen MR) is 65.9 cm³/mol. The molecule has 0 saturated heterocycles. The molecule has 2 nitrogen and oxygen atoms in total. The number of hydrogen-bond donors (Lipinski definition) is 1. The Morgan fingerprint density at radius 2 is 1.88 bits per heavy atom. The van der Waals surface area contributed by atoms with E-state index in [1.807, 2.05) is 25.3 Å². The molecule has 0 aliphatic heterocycles. The normalized spacial score (nSPS) is 10.5. The molecule has 2 aromatic rings. The third-order valence-corrected chi connectivity index (χ3v) is 2.74. The van der Waals surface area contributed by atoms with Crippen LogP contribution in [0.4, 0.5) is 4.39 Å². The summed E-state index contributed by atoms with van der Waals surface area (Å²) in [5, 5.41) is 3.22. The first-order valence-electron chi connectivity index (χ1n) is 5.61. The molecule has 0 atom stereocenters. The van der Waals surface area contributed by atoms with Crippen molar-refractivity contribution >= 4 is 0 Å². The van der Waals surface area contributed by atoms with Crippen LogP contribution < -0.4 is 5.32 Å². The summed E-state index contributed by atoms with van der Waals surface area (Å²) in [6.07, 6.45) is 3.61. The van der Waals surface area contributed by atoms with Crippen LogP contribution in [0.2, 0.25) is 0 Å². The Kier molecular flexibility index (Phi) is 3.83. The lowest BCUT2D eigenvalue weighted by molar-refractivity contribution is 0.587. The number of aryl methyl sites for hydroxylation is 1. The first-order chi connectivity index (χ1) is 8.27. The number of hydrogen-bond acceptors (Lipinski definition) is 2. The first kappa shape index (κ1) is 11.7. The molecule has 1 aromatic heterocycles. The highest BCUT2D eigenvalue weighted by Gasteiger charge is 2.01. The minimum Gasteiger partial charge on any atom is -0.308 e. The van der Waals surface area contributed by atoms with Crippen molar-refractivity contribution in [2.24, 2.45) is 0 Å². The third kappa shape index (κ3) is 3.11. The summed E-state index contributed by atoms with van der Waals surface area (Å²) >= 11 is 0. The van der Waals surface area contributed by atoms with Gasteiger partial charge in [-0.15, -0.1) is 0 Å². The van der Waals surface area contributed by atoms with E-state index in [-0.39, 0.29) is 5.82 Å². The molecule has 0 radical (unpaired) electrons. The van der Waals surface area contributed by atoms with Crippen LogP contribution in [0.5, 0.6) is 0 Å². The largest absolute Gasteiger partial charge is 0.308 e. The third-order valence-electron chi connectivity index (χ3n) is 2.74. The fourth-order valence-corrected chi connectivity index (χ4v) is 1.66. The van der Waals surface area contributed by atoms with Crippen molar-refractivity contribution in [3.8, 4) is 0 Å². The molecule has 1 aromatic carbocycles. The van der Waals surface area contributed by atoms with E-state index in [1.54, 1.807) is 18.3 Å². The Morgan fingerprint density at radius 3 is 2.65 bits per heavy atom. The van der Waals surface area contributed by atoms with E-state index in [2.05, 4.69) is 10.3 Å². The summed E-state index contributed by atoms with van der Waals surface area (Å²) in [5.41, 5.74) is 3.03. The van der Waals surface area contributed by atoms with Crippen molar-refractivity contribution in [3.63, 3.8) is 0 Å². The van der Waals surface area contributed by atoms with Crippen LogP contribution in [-0.4, -0.2) is 4.98 Å². The summed E-state index contributed by atoms with van der Waals surface area (Å²) in [4.78, 5) is 4.07. The molecular weight excluding hydrogens is 215 g/mol. The SMILES string of the molecule is Cc1ccncc1CNCc1ccccc1F. The molecule has 0 saturated carbocycles. The monoisotopic (exact) mass is 230 g/mol. The van der Waals surface area contributed by atoms with Gasteiger partial charge in [0.15, 0.2) is 0 Å². The van der Waals surface area contributed by atoms with Gasteiger partial charge < -0.3 is 5.32 Å². The Bertz CT molecular complexity index is 452. The van der Waals surface area contributed by atoms with Gasteiger partial charge in [-0.2, -0.15) is 0 Å². The molecule has 3 heteroatoms. The second-order valence-corrected chi connectivity index (χ2v) is 4.00. The highest BCUT2D eigenvalue weighted by atomic mass is 19.1. The van der Waals surface area contributed by atoms with E-state index >= 15 is 0 Å². The van der Waals surface area contributed by atoms with Crippen molar-refractivity contribution < 1.29 is 4.39 Å². The standard InChI is InChI=1S/C14H15FN2/c1-11-6-7-16-9-13(11)10-17-8-12-4-2-3-5-14(12)15/h2-7,9,17H,8,10H2,1H3. The molecule has 17 heavy (non-hydrogen) atoms. The van der Waals surface area contributed by atoms with E-state index in [0.29, 0.717) is 18.7 Å². The number of rotatable bonds is 4. The van der Waals surface area contributed by atoms with E-state index in [1.165, 1.54) is 11.6 Å². The molecule has 0 fully saturated rings. The number of nitrogens with one attached hydrogen (secondary N) is 1. The fraction of sp³-hybridized carbons (Fsp3) is 0.214. The molecule has 2 rings (SSSR count). The average Bonchev–Trinajstić information content (AvgIpc) is 2.34. The fourth-order valence-electron chi connectivity index (χ4n) is 1.66. The Hall–Kier alpha value is -1.74. The average molecular weight is 230 g/mol. The highest BCUT2D eigenvalue weighted by molar-refractivity contribution is 5.21. The summed E-state index contributed by atoms with van der Waals surface area (Å²) in [6.45, 7) is 3.27. The number of pyridine rings is 1. The maximum absolute atomic E-state index is 13.3. The van der Waals surface area contributed by atoms with Crippen LogP contribution >= 0.6 is 0 Å². The Morgan fingerprint density at radius 1 is 1.12 bits per heavy atom. The highest BCUT2D eigenvalue weighted by Crippen LogP contribution is 2.07. The van der Waals surface area contributed by atoms with Crippen LogP contribution in [0.1, 0.15) is 16.7 Å². The first-order valence-corrected chi connectivity index (χ1v) is 5.61. The van der Waals surface area contributed by atoms with Crippen molar-refractivity contribution in [3.05, 3.63) is 65.2 Å². The molecule has 0 unspecified atom stereocenters. The van der Waals surface area contributed by atoms with Gasteiger partial charge in [0, 0.05) is 31.0 Å². The zero-order valence-corrected chi connectivity index (χ0v) is 9.78. The van der Waals surface area contributed by atoms with Gasteiger partial charge in [-0.05, 0) is 30.2 Å². The lowest BCUT2D eigenvalue weighted by atomic mass is 10.1. The van der Waals surface area contributed by atoms with Gasteiger partial charge in [-0.1, -0.05) is 18.2 Å². The molecule has 0 spiro atoms. The van der Waals surface area contributed by atoms with Crippen molar-refractivity contribution in [1.82, 2.24) is 10.3 Å². The van der Waals surface area contributed by atoms with Crippen molar-refractivity contribution in [2.45, 2.75) is 20.0 Å². The zero-order chi connectivity index (χ0) is 12.1. The van der Waals surface area contributed by atoms with Crippen LogP contribution in [-0.2, 0) is 13.1 Å². The van der Waals surface area contributed by atoms with Crippen LogP contribution in [0.15, 0.2) is 42.7 Å². The summed E-state index contributed by atoms with van der Waals surface area (Å²) in [7, 11) is 0. The zero-order valence-electron chi connectivity index (χ0n) is 9.78. The molecule has 0 aliphatic rings. The van der Waals surface area contributed by atoms with Gasteiger partial charge in [-0.25, -0.2) is 4.39 Å². The number of benzene rings is 1. The quantitative estimate of drug-likeness (QED) is 0.873. The van der Waals surface area contributed by atoms with Crippen LogP contribution in [0.3, 0.4) is 0 Å². The van der Waals surface area contributed by atoms with Crippen molar-refractivity contribution in [2.75, 3.05) is 0 Å². The van der Waals surface area contributed by atoms with Crippen molar-refractivity contribution in [1.29, 1.82) is 0 Å².